The molecule has 2 unspecified atom stereocenters. The van der Waals surface area contributed by atoms with Crippen molar-refractivity contribution in [3.05, 3.63) is 18.2 Å². The molecule has 12 heavy (non-hydrogen) atoms. The molecule has 4 heteroatoms. The van der Waals surface area contributed by atoms with E-state index in [1.165, 1.54) is 0 Å². The maximum atomic E-state index is 8.95. The molecule has 0 radical (unpaired) electrons. The van der Waals surface area contributed by atoms with Gasteiger partial charge in [-0.2, -0.15) is 0 Å². The average molecular weight is 170 g/mol. The van der Waals surface area contributed by atoms with E-state index in [1.807, 2.05) is 24.7 Å². The lowest BCUT2D eigenvalue weighted by Crippen LogP contribution is -2.13. The van der Waals surface area contributed by atoms with Crippen LogP contribution in [0.15, 0.2) is 12.4 Å². The van der Waals surface area contributed by atoms with E-state index in [-0.39, 0.29) is 6.10 Å². The van der Waals surface area contributed by atoms with Crippen molar-refractivity contribution in [3.63, 3.8) is 0 Å². The Morgan fingerprint density at radius 3 is 2.67 bits per heavy atom. The minimum atomic E-state index is -0.753. The molecule has 0 amide bonds. The Balaban J connectivity index is 2.65. The molecule has 0 saturated heterocycles. The van der Waals surface area contributed by atoms with Gasteiger partial charge in [-0.25, -0.2) is 4.98 Å². The third-order valence-electron chi connectivity index (χ3n) is 1.62. The zero-order valence-electron chi connectivity index (χ0n) is 7.56. The number of hydrogen-bond donors (Lipinski definition) is 1. The summed E-state index contributed by atoms with van der Waals surface area (Å²) in [6.45, 7) is 3.44. The van der Waals surface area contributed by atoms with E-state index >= 15 is 0 Å². The summed E-state index contributed by atoms with van der Waals surface area (Å²) in [4.78, 5) is 4.10. The summed E-state index contributed by atoms with van der Waals surface area (Å²) in [5.41, 5.74) is 0. The predicted octanol–water partition coefficient (Wildman–Crippen LogP) is 0.836. The summed E-state index contributed by atoms with van der Waals surface area (Å²) in [6, 6.07) is 0. The maximum absolute atomic E-state index is 8.95. The van der Waals surface area contributed by atoms with Crippen molar-refractivity contribution in [1.82, 2.24) is 9.55 Å². The SMILES string of the molecule is CC(O)OC(C)c1nccn1C. The second-order valence-corrected chi connectivity index (χ2v) is 2.77. The molecule has 0 aliphatic rings. The first-order valence-corrected chi connectivity index (χ1v) is 3.92. The van der Waals surface area contributed by atoms with Crippen LogP contribution in [0.3, 0.4) is 0 Å². The van der Waals surface area contributed by atoms with Gasteiger partial charge in [-0.1, -0.05) is 0 Å². The van der Waals surface area contributed by atoms with E-state index in [0.717, 1.165) is 5.82 Å². The van der Waals surface area contributed by atoms with Gasteiger partial charge in [-0.05, 0) is 13.8 Å². The fourth-order valence-electron chi connectivity index (χ4n) is 1.13. The van der Waals surface area contributed by atoms with E-state index in [2.05, 4.69) is 4.98 Å². The van der Waals surface area contributed by atoms with E-state index in [1.54, 1.807) is 13.1 Å². The first-order chi connectivity index (χ1) is 5.61. The first kappa shape index (κ1) is 9.22. The lowest BCUT2D eigenvalue weighted by atomic mass is 10.4. The summed E-state index contributed by atoms with van der Waals surface area (Å²) in [6.07, 6.45) is 2.62. The molecule has 1 aromatic rings. The summed E-state index contributed by atoms with van der Waals surface area (Å²) < 4.78 is 7.02. The Bertz CT molecular complexity index is 245. The molecular weight excluding hydrogens is 156 g/mol. The largest absolute Gasteiger partial charge is 0.368 e. The second-order valence-electron chi connectivity index (χ2n) is 2.77. The van der Waals surface area contributed by atoms with Crippen LogP contribution < -0.4 is 0 Å². The number of aromatic nitrogens is 2. The highest BCUT2D eigenvalue weighted by Crippen LogP contribution is 2.14. The monoisotopic (exact) mass is 170 g/mol. The van der Waals surface area contributed by atoms with Crippen molar-refractivity contribution >= 4 is 0 Å². The normalized spacial score (nSPS) is 16.0. The van der Waals surface area contributed by atoms with Crippen molar-refractivity contribution in [2.45, 2.75) is 26.2 Å². The second kappa shape index (κ2) is 3.69. The van der Waals surface area contributed by atoms with Gasteiger partial charge in [0, 0.05) is 19.4 Å². The number of aliphatic hydroxyl groups excluding tert-OH is 1. The Morgan fingerprint density at radius 2 is 2.25 bits per heavy atom. The van der Waals surface area contributed by atoms with Crippen LogP contribution in [0.5, 0.6) is 0 Å². The fourth-order valence-corrected chi connectivity index (χ4v) is 1.13. The zero-order valence-corrected chi connectivity index (χ0v) is 7.56. The molecule has 2 atom stereocenters. The Morgan fingerprint density at radius 1 is 1.58 bits per heavy atom. The summed E-state index contributed by atoms with van der Waals surface area (Å²) >= 11 is 0. The third-order valence-corrected chi connectivity index (χ3v) is 1.62. The van der Waals surface area contributed by atoms with Crippen LogP contribution in [0.4, 0.5) is 0 Å². The maximum Gasteiger partial charge on any atom is 0.152 e. The van der Waals surface area contributed by atoms with Gasteiger partial charge in [0.25, 0.3) is 0 Å². The van der Waals surface area contributed by atoms with E-state index < -0.39 is 6.29 Å². The highest BCUT2D eigenvalue weighted by molar-refractivity contribution is 4.94. The topological polar surface area (TPSA) is 47.3 Å². The van der Waals surface area contributed by atoms with Gasteiger partial charge in [0.2, 0.25) is 0 Å². The lowest BCUT2D eigenvalue weighted by molar-refractivity contribution is -0.122. The fraction of sp³-hybridized carbons (Fsp3) is 0.625. The van der Waals surface area contributed by atoms with Gasteiger partial charge < -0.3 is 14.4 Å². The molecule has 1 rings (SSSR count). The molecule has 0 aliphatic carbocycles. The van der Waals surface area contributed by atoms with Crippen LogP contribution in [-0.2, 0) is 11.8 Å². The van der Waals surface area contributed by atoms with Crippen LogP contribution in [-0.4, -0.2) is 20.9 Å². The number of aliphatic hydroxyl groups is 1. The van der Waals surface area contributed by atoms with Crippen molar-refractivity contribution < 1.29 is 9.84 Å². The Hall–Kier alpha value is -0.870. The first-order valence-electron chi connectivity index (χ1n) is 3.92. The standard InChI is InChI=1S/C8H14N2O2/c1-6(12-7(2)11)8-9-4-5-10(8)3/h4-7,11H,1-3H3. The van der Waals surface area contributed by atoms with Crippen LogP contribution in [0, 0.1) is 0 Å². The average Bonchev–Trinajstić information content (AvgIpc) is 2.33. The van der Waals surface area contributed by atoms with Crippen LogP contribution in [0.25, 0.3) is 0 Å². The van der Waals surface area contributed by atoms with Gasteiger partial charge in [0.1, 0.15) is 11.9 Å². The van der Waals surface area contributed by atoms with Gasteiger partial charge in [-0.15, -0.1) is 0 Å². The van der Waals surface area contributed by atoms with E-state index in [4.69, 9.17) is 9.84 Å². The van der Waals surface area contributed by atoms with Gasteiger partial charge in [0.05, 0.1) is 0 Å². The minimum Gasteiger partial charge on any atom is -0.368 e. The van der Waals surface area contributed by atoms with Crippen LogP contribution in [0.1, 0.15) is 25.8 Å². The predicted molar refractivity (Wildman–Crippen MR) is 44.4 cm³/mol. The van der Waals surface area contributed by atoms with Crippen molar-refractivity contribution in [3.8, 4) is 0 Å². The molecule has 4 nitrogen and oxygen atoms in total. The number of ether oxygens (including phenoxy) is 1. The van der Waals surface area contributed by atoms with Crippen molar-refractivity contribution in [2.24, 2.45) is 7.05 Å². The Kier molecular flexibility index (Phi) is 2.83. The molecule has 1 N–H and O–H groups in total. The van der Waals surface area contributed by atoms with Gasteiger partial charge in [-0.3, -0.25) is 0 Å². The molecular formula is C8H14N2O2. The summed E-state index contributed by atoms with van der Waals surface area (Å²) in [5, 5.41) is 8.95. The minimum absolute atomic E-state index is 0.176. The van der Waals surface area contributed by atoms with Crippen LogP contribution in [0.2, 0.25) is 0 Å². The molecule has 0 saturated carbocycles. The number of imidazole rings is 1. The van der Waals surface area contributed by atoms with Gasteiger partial charge >= 0.3 is 0 Å². The molecule has 1 heterocycles. The van der Waals surface area contributed by atoms with Crippen molar-refractivity contribution in [2.75, 3.05) is 0 Å². The van der Waals surface area contributed by atoms with Crippen LogP contribution >= 0.6 is 0 Å². The summed E-state index contributed by atoms with van der Waals surface area (Å²) in [5.74, 6) is 0.816. The van der Waals surface area contributed by atoms with Gasteiger partial charge in [0.15, 0.2) is 6.29 Å². The number of rotatable bonds is 3. The quantitative estimate of drug-likeness (QED) is 0.684. The molecule has 0 bridgehead atoms. The lowest BCUT2D eigenvalue weighted by Gasteiger charge is -2.14. The molecule has 0 aliphatic heterocycles. The number of aryl methyl sites for hydroxylation is 1. The molecule has 0 fully saturated rings. The highest BCUT2D eigenvalue weighted by atomic mass is 16.6. The molecule has 68 valence electrons. The molecule has 1 aromatic heterocycles. The van der Waals surface area contributed by atoms with E-state index in [9.17, 15) is 0 Å². The zero-order chi connectivity index (χ0) is 9.14. The number of hydrogen-bond acceptors (Lipinski definition) is 3. The smallest absolute Gasteiger partial charge is 0.152 e. The molecule has 0 aromatic carbocycles. The highest BCUT2D eigenvalue weighted by Gasteiger charge is 2.12. The Labute approximate surface area is 71.8 Å². The summed E-state index contributed by atoms with van der Waals surface area (Å²) in [7, 11) is 1.89. The molecule has 0 spiro atoms. The number of nitrogens with zero attached hydrogens (tertiary/aromatic N) is 2. The van der Waals surface area contributed by atoms with Crippen molar-refractivity contribution in [1.29, 1.82) is 0 Å². The van der Waals surface area contributed by atoms with E-state index in [0.29, 0.717) is 0 Å². The third kappa shape index (κ3) is 2.06.